The first kappa shape index (κ1) is 44.3. The lowest BCUT2D eigenvalue weighted by Gasteiger charge is -2.37. The Kier molecular flexibility index (Phi) is 16.3. The van der Waals surface area contributed by atoms with E-state index in [1.807, 2.05) is 54.6 Å². The minimum Gasteiger partial charge on any atom is -0.893 e. The molecule has 7 aromatic rings. The maximum absolute atomic E-state index is 11.5. The fourth-order valence-electron chi connectivity index (χ4n) is 6.49. The molecule has 2 aromatic heterocycles. The van der Waals surface area contributed by atoms with Crippen LogP contribution in [0.2, 0.25) is 6.32 Å². The molecule has 2 N–H and O–H groups in total. The zero-order valence-electron chi connectivity index (χ0n) is 32.7. The third-order valence-electron chi connectivity index (χ3n) is 9.38. The molecular weight excluding hydrogens is 783 g/mol. The van der Waals surface area contributed by atoms with Gasteiger partial charge in [0.15, 0.2) is 0 Å². The van der Waals surface area contributed by atoms with Gasteiger partial charge in [0.05, 0.1) is 21.0 Å². The van der Waals surface area contributed by atoms with Gasteiger partial charge in [-0.25, -0.2) is 9.97 Å². The van der Waals surface area contributed by atoms with Crippen molar-refractivity contribution < 1.29 is 48.9 Å². The van der Waals surface area contributed by atoms with Crippen molar-refractivity contribution in [3.8, 4) is 0 Å². The summed E-state index contributed by atoms with van der Waals surface area (Å²) in [6.07, 6.45) is 9.20. The number of aromatic nitrogens is 4. The third kappa shape index (κ3) is 12.4. The molecule has 0 saturated carbocycles. The molecule has 17 heteroatoms. The summed E-state index contributed by atoms with van der Waals surface area (Å²) >= 11 is 0. The molecular formula is C44H41BN6O10. The van der Waals surface area contributed by atoms with E-state index in [0.29, 0.717) is 17.5 Å². The number of nitrogens with one attached hydrogen (secondary N) is 2. The van der Waals surface area contributed by atoms with Crippen molar-refractivity contribution in [2.45, 2.75) is 37.8 Å². The highest BCUT2D eigenvalue weighted by Crippen LogP contribution is 2.43. The standard InChI is InChI=1S/C22H21BO2.2C11H9N3O4/c24-23(25)18-10-17-22(19-11-4-1-5-12-19,20-13-6-2-7-14-20)21-15-8-3-9-16-21;2*15-11(13-6-5-12-8-13)18-7-9-3-1-2-4-10(9)14(16)17/h1-9,11-16H,10,17-18H2;2*1-6,8H,7H2/q-2;;/p+2. The molecule has 5 aromatic carbocycles. The van der Waals surface area contributed by atoms with Crippen molar-refractivity contribution in [3.05, 3.63) is 225 Å². The first-order chi connectivity index (χ1) is 29.6. The van der Waals surface area contributed by atoms with E-state index in [2.05, 4.69) is 46.4 Å². The number of carbonyl (C=O) groups is 2. The fourth-order valence-corrected chi connectivity index (χ4v) is 6.49. The lowest BCUT2D eigenvalue weighted by molar-refractivity contribution is -0.386. The minimum absolute atomic E-state index is 0.0654. The molecule has 0 aliphatic rings. The van der Waals surface area contributed by atoms with Crippen molar-refractivity contribution in [1.29, 1.82) is 0 Å². The number of H-pyrrole nitrogens is 2. The van der Waals surface area contributed by atoms with E-state index in [4.69, 9.17) is 9.47 Å². The number of carbonyl (C=O) groups excluding carboxylic acids is 2. The first-order valence-corrected chi connectivity index (χ1v) is 18.9. The number of rotatable bonds is 13. The van der Waals surface area contributed by atoms with E-state index in [-0.39, 0.29) is 36.3 Å². The van der Waals surface area contributed by atoms with Crippen molar-refractivity contribution in [2.75, 3.05) is 0 Å². The highest BCUT2D eigenvalue weighted by atomic mass is 16.6. The van der Waals surface area contributed by atoms with Crippen LogP contribution in [0.25, 0.3) is 0 Å². The Hall–Kier alpha value is -7.76. The van der Waals surface area contributed by atoms with Crippen LogP contribution in [0, 0.1) is 20.2 Å². The Morgan fingerprint density at radius 3 is 1.26 bits per heavy atom. The summed E-state index contributed by atoms with van der Waals surface area (Å²) in [6.45, 7) is -0.289. The maximum Gasteiger partial charge on any atom is 0.511 e. The van der Waals surface area contributed by atoms with Gasteiger partial charge in [-0.2, -0.15) is 9.59 Å². The van der Waals surface area contributed by atoms with Crippen LogP contribution in [0.1, 0.15) is 40.7 Å². The van der Waals surface area contributed by atoms with Gasteiger partial charge in [-0.15, -0.1) is 22.6 Å². The summed E-state index contributed by atoms with van der Waals surface area (Å²) in [7, 11) is -1.76. The summed E-state index contributed by atoms with van der Waals surface area (Å²) < 4.78 is 12.3. The minimum atomic E-state index is -1.76. The van der Waals surface area contributed by atoms with Gasteiger partial charge >= 0.3 is 12.2 Å². The number of imidazole rings is 2. The zero-order chi connectivity index (χ0) is 43.5. The lowest BCUT2D eigenvalue weighted by atomic mass is 9.65. The molecule has 0 amide bonds. The van der Waals surface area contributed by atoms with Gasteiger partial charge in [-0.1, -0.05) is 122 Å². The van der Waals surface area contributed by atoms with Gasteiger partial charge in [-0.05, 0) is 35.2 Å². The number of aromatic amines is 2. The summed E-state index contributed by atoms with van der Waals surface area (Å²) in [5, 5.41) is 43.6. The molecule has 0 atom stereocenters. The van der Waals surface area contributed by atoms with Gasteiger partial charge in [0, 0.05) is 17.5 Å². The highest BCUT2D eigenvalue weighted by Gasteiger charge is 2.35. The largest absolute Gasteiger partial charge is 0.893 e. The first-order valence-electron chi connectivity index (χ1n) is 18.9. The second-order valence-electron chi connectivity index (χ2n) is 13.2. The van der Waals surface area contributed by atoms with Crippen molar-refractivity contribution in [2.24, 2.45) is 0 Å². The van der Waals surface area contributed by atoms with Crippen LogP contribution >= 0.6 is 0 Å². The number of para-hydroxylation sites is 2. The Morgan fingerprint density at radius 2 is 0.934 bits per heavy atom. The van der Waals surface area contributed by atoms with E-state index < -0.39 is 29.2 Å². The molecule has 0 spiro atoms. The molecule has 0 aliphatic carbocycles. The molecule has 0 aliphatic heterocycles. The van der Waals surface area contributed by atoms with Crippen LogP contribution < -0.4 is 20.0 Å². The average Bonchev–Trinajstić information content (AvgIpc) is 4.05. The number of hydrogen-bond donors (Lipinski definition) is 0. The summed E-state index contributed by atoms with van der Waals surface area (Å²) in [5.74, 6) is 0. The second-order valence-corrected chi connectivity index (χ2v) is 13.2. The number of nitrogens with zero attached hydrogens (tertiary/aromatic N) is 4. The summed E-state index contributed by atoms with van der Waals surface area (Å²) in [4.78, 5) is 48.9. The molecule has 0 bridgehead atoms. The molecule has 2 heterocycles. The quantitative estimate of drug-likeness (QED) is 0.0588. The summed E-state index contributed by atoms with van der Waals surface area (Å²) in [5.41, 5.74) is 3.76. The number of hydrogen-bond acceptors (Lipinski definition) is 10. The molecule has 61 heavy (non-hydrogen) atoms. The third-order valence-corrected chi connectivity index (χ3v) is 9.38. The SMILES string of the molecule is O=C(OCc1ccccc1[N+](=O)[O-])n1cc[nH+]c1.O=C(OCc1ccccc1[N+](=O)[O-])n1cc[nH+]c1.[O-]B([O-])CCCC(c1ccccc1)(c1ccccc1)c1ccccc1. The Morgan fingerprint density at radius 1 is 0.574 bits per heavy atom. The van der Waals surface area contributed by atoms with E-state index in [0.717, 1.165) is 6.42 Å². The average molecular weight is 825 g/mol. The van der Waals surface area contributed by atoms with Crippen LogP contribution in [0.15, 0.2) is 177 Å². The van der Waals surface area contributed by atoms with E-state index >= 15 is 0 Å². The van der Waals surface area contributed by atoms with Crippen LogP contribution in [-0.4, -0.2) is 38.3 Å². The maximum atomic E-state index is 11.5. The number of nitro groups is 2. The lowest BCUT2D eigenvalue weighted by Crippen LogP contribution is -2.44. The highest BCUT2D eigenvalue weighted by molar-refractivity contribution is 6.36. The normalized spacial score (nSPS) is 10.5. The van der Waals surface area contributed by atoms with Gasteiger partial charge in [-0.3, -0.25) is 20.2 Å². The molecule has 0 fully saturated rings. The predicted octanol–water partition coefficient (Wildman–Crippen LogP) is 5.80. The van der Waals surface area contributed by atoms with E-state index in [1.54, 1.807) is 48.8 Å². The monoisotopic (exact) mass is 824 g/mol. The number of ether oxygens (including phenoxy) is 2. The summed E-state index contributed by atoms with van der Waals surface area (Å²) in [6, 6.07) is 43.3. The van der Waals surface area contributed by atoms with Crippen LogP contribution in [0.4, 0.5) is 21.0 Å². The van der Waals surface area contributed by atoms with Crippen LogP contribution in [0.5, 0.6) is 0 Å². The molecule has 0 unspecified atom stereocenters. The topological polar surface area (TPSA) is 223 Å². The number of nitro benzene ring substituents is 2. The number of benzene rings is 5. The Labute approximate surface area is 350 Å². The Bertz CT molecular complexity index is 2240. The van der Waals surface area contributed by atoms with Gasteiger partial charge in [0.2, 0.25) is 0 Å². The molecule has 7 rings (SSSR count). The molecule has 0 radical (unpaired) electrons. The van der Waals surface area contributed by atoms with Gasteiger partial charge in [0.25, 0.3) is 24.0 Å². The zero-order valence-corrected chi connectivity index (χ0v) is 32.7. The van der Waals surface area contributed by atoms with Crippen LogP contribution in [-0.2, 0) is 28.1 Å². The fraction of sp³-hybridized carbons (Fsp3) is 0.136. The Balaban J connectivity index is 0.000000177. The van der Waals surface area contributed by atoms with Crippen molar-refractivity contribution >= 4 is 30.7 Å². The molecule has 0 saturated heterocycles. The predicted molar refractivity (Wildman–Crippen MR) is 218 cm³/mol. The van der Waals surface area contributed by atoms with Gasteiger partial charge < -0.3 is 19.5 Å². The van der Waals surface area contributed by atoms with Crippen LogP contribution in [0.3, 0.4) is 0 Å². The van der Waals surface area contributed by atoms with Gasteiger partial charge in [0.1, 0.15) is 38.0 Å². The van der Waals surface area contributed by atoms with Crippen molar-refractivity contribution in [3.63, 3.8) is 0 Å². The second kappa shape index (κ2) is 22.4. The molecule has 310 valence electrons. The van der Waals surface area contributed by atoms with E-state index in [1.165, 1.54) is 63.0 Å². The molecule has 16 nitrogen and oxygen atoms in total. The smallest absolute Gasteiger partial charge is 0.511 e. The van der Waals surface area contributed by atoms with Crippen molar-refractivity contribution in [1.82, 2.24) is 9.13 Å². The van der Waals surface area contributed by atoms with E-state index in [9.17, 15) is 39.9 Å².